The molecule has 2 aromatic rings. The molecule has 0 radical (unpaired) electrons. The van der Waals surface area contributed by atoms with Gasteiger partial charge in [0.05, 0.1) is 7.11 Å². The number of H-pyrrole nitrogens is 1. The second-order valence-corrected chi connectivity index (χ2v) is 4.27. The van der Waals surface area contributed by atoms with Gasteiger partial charge in [0.15, 0.2) is 6.29 Å². The summed E-state index contributed by atoms with van der Waals surface area (Å²) < 4.78 is 16.5. The maximum atomic E-state index is 5.59. The quantitative estimate of drug-likeness (QED) is 0.780. The van der Waals surface area contributed by atoms with Gasteiger partial charge in [-0.1, -0.05) is 0 Å². The molecule has 0 atom stereocenters. The number of ether oxygens (including phenoxy) is 3. The number of hydrogen-bond acceptors (Lipinski definition) is 3. The van der Waals surface area contributed by atoms with Crippen molar-refractivity contribution in [1.82, 2.24) is 4.98 Å². The van der Waals surface area contributed by atoms with E-state index in [1.165, 1.54) is 5.56 Å². The molecule has 1 aromatic carbocycles. The molecular formula is C15H21NO3. The minimum absolute atomic E-state index is 0.194. The molecule has 4 heteroatoms. The molecular weight excluding hydrogens is 242 g/mol. The Morgan fingerprint density at radius 3 is 2.53 bits per heavy atom. The molecule has 0 fully saturated rings. The van der Waals surface area contributed by atoms with E-state index in [0.717, 1.165) is 23.1 Å². The van der Waals surface area contributed by atoms with Gasteiger partial charge in [-0.3, -0.25) is 0 Å². The van der Waals surface area contributed by atoms with E-state index in [-0.39, 0.29) is 6.29 Å². The van der Waals surface area contributed by atoms with Crippen molar-refractivity contribution in [2.45, 2.75) is 26.6 Å². The highest BCUT2D eigenvalue weighted by Crippen LogP contribution is 2.25. The first-order valence-electron chi connectivity index (χ1n) is 6.65. The van der Waals surface area contributed by atoms with Crippen LogP contribution in [0, 0.1) is 0 Å². The van der Waals surface area contributed by atoms with Crippen LogP contribution in [-0.4, -0.2) is 31.6 Å². The highest BCUT2D eigenvalue weighted by molar-refractivity contribution is 5.84. The maximum Gasteiger partial charge on any atom is 0.161 e. The van der Waals surface area contributed by atoms with Gasteiger partial charge in [0.25, 0.3) is 0 Å². The fourth-order valence-electron chi connectivity index (χ4n) is 2.17. The van der Waals surface area contributed by atoms with E-state index in [4.69, 9.17) is 14.2 Å². The van der Waals surface area contributed by atoms with Crippen molar-refractivity contribution < 1.29 is 14.2 Å². The molecule has 0 amide bonds. The van der Waals surface area contributed by atoms with Gasteiger partial charge in [-0.2, -0.15) is 0 Å². The van der Waals surface area contributed by atoms with E-state index in [0.29, 0.717) is 13.2 Å². The Balaban J connectivity index is 2.23. The molecule has 2 rings (SSSR count). The molecule has 19 heavy (non-hydrogen) atoms. The first kappa shape index (κ1) is 13.9. The smallest absolute Gasteiger partial charge is 0.161 e. The van der Waals surface area contributed by atoms with Gasteiger partial charge in [-0.25, -0.2) is 0 Å². The standard InChI is InChI=1S/C15H21NO3/c1-4-18-15(19-5-2)8-11-10-16-14-7-6-12(17-3)9-13(11)14/h6-7,9-10,15-16H,4-5,8H2,1-3H3. The van der Waals surface area contributed by atoms with Crippen LogP contribution in [0.25, 0.3) is 10.9 Å². The zero-order valence-electron chi connectivity index (χ0n) is 11.7. The fourth-order valence-corrected chi connectivity index (χ4v) is 2.17. The summed E-state index contributed by atoms with van der Waals surface area (Å²) in [6.45, 7) is 5.25. The number of hydrogen-bond donors (Lipinski definition) is 1. The fraction of sp³-hybridized carbons (Fsp3) is 0.467. The van der Waals surface area contributed by atoms with Crippen molar-refractivity contribution in [3.05, 3.63) is 30.0 Å². The van der Waals surface area contributed by atoms with E-state index in [1.807, 2.05) is 38.2 Å². The second-order valence-electron chi connectivity index (χ2n) is 4.27. The van der Waals surface area contributed by atoms with Crippen LogP contribution in [0.15, 0.2) is 24.4 Å². The average Bonchev–Trinajstić information content (AvgIpc) is 2.82. The predicted molar refractivity (Wildman–Crippen MR) is 75.6 cm³/mol. The van der Waals surface area contributed by atoms with Gasteiger partial charge < -0.3 is 19.2 Å². The zero-order valence-corrected chi connectivity index (χ0v) is 11.7. The summed E-state index contributed by atoms with van der Waals surface area (Å²) >= 11 is 0. The summed E-state index contributed by atoms with van der Waals surface area (Å²) in [4.78, 5) is 3.26. The Labute approximate surface area is 113 Å². The van der Waals surface area contributed by atoms with E-state index >= 15 is 0 Å². The number of rotatable bonds is 7. The normalized spacial score (nSPS) is 11.4. The van der Waals surface area contributed by atoms with Gasteiger partial charge in [0, 0.05) is 36.7 Å². The lowest BCUT2D eigenvalue weighted by atomic mass is 10.1. The third-order valence-corrected chi connectivity index (χ3v) is 3.07. The molecule has 1 aromatic heterocycles. The zero-order chi connectivity index (χ0) is 13.7. The first-order chi connectivity index (χ1) is 9.28. The van der Waals surface area contributed by atoms with E-state index in [9.17, 15) is 0 Å². The highest BCUT2D eigenvalue weighted by Gasteiger charge is 2.13. The van der Waals surface area contributed by atoms with Crippen molar-refractivity contribution in [2.24, 2.45) is 0 Å². The van der Waals surface area contributed by atoms with Gasteiger partial charge in [0.2, 0.25) is 0 Å². The van der Waals surface area contributed by atoms with Crippen LogP contribution in [0.3, 0.4) is 0 Å². The molecule has 0 aliphatic rings. The summed E-state index contributed by atoms with van der Waals surface area (Å²) in [7, 11) is 1.68. The summed E-state index contributed by atoms with van der Waals surface area (Å²) in [6, 6.07) is 6.01. The number of aromatic amines is 1. The summed E-state index contributed by atoms with van der Waals surface area (Å²) in [5.74, 6) is 0.859. The SMILES string of the molecule is CCOC(Cc1c[nH]c2ccc(OC)cc12)OCC. The van der Waals surface area contributed by atoms with Crippen molar-refractivity contribution in [1.29, 1.82) is 0 Å². The van der Waals surface area contributed by atoms with Gasteiger partial charge in [-0.15, -0.1) is 0 Å². The predicted octanol–water partition coefficient (Wildman–Crippen LogP) is 3.12. The van der Waals surface area contributed by atoms with Crippen LogP contribution in [0.4, 0.5) is 0 Å². The topological polar surface area (TPSA) is 43.5 Å². The van der Waals surface area contributed by atoms with Crippen molar-refractivity contribution in [2.75, 3.05) is 20.3 Å². The van der Waals surface area contributed by atoms with Crippen molar-refractivity contribution in [3.63, 3.8) is 0 Å². The first-order valence-corrected chi connectivity index (χ1v) is 6.65. The van der Waals surface area contributed by atoms with E-state index < -0.39 is 0 Å². The second kappa shape index (κ2) is 6.59. The lowest BCUT2D eigenvalue weighted by molar-refractivity contribution is -0.134. The van der Waals surface area contributed by atoms with Gasteiger partial charge in [0.1, 0.15) is 5.75 Å². The number of methoxy groups -OCH3 is 1. The molecule has 0 aliphatic carbocycles. The Morgan fingerprint density at radius 1 is 1.16 bits per heavy atom. The van der Waals surface area contributed by atoms with Gasteiger partial charge in [-0.05, 0) is 37.6 Å². The van der Waals surface area contributed by atoms with Crippen LogP contribution in [0.5, 0.6) is 5.75 Å². The molecule has 0 aliphatic heterocycles. The molecule has 0 saturated carbocycles. The van der Waals surface area contributed by atoms with Crippen LogP contribution in [-0.2, 0) is 15.9 Å². The molecule has 1 heterocycles. The summed E-state index contributed by atoms with van der Waals surface area (Å²) in [5, 5.41) is 1.16. The minimum Gasteiger partial charge on any atom is -0.497 e. The van der Waals surface area contributed by atoms with Gasteiger partial charge >= 0.3 is 0 Å². The minimum atomic E-state index is -0.194. The van der Waals surface area contributed by atoms with Crippen LogP contribution >= 0.6 is 0 Å². The highest BCUT2D eigenvalue weighted by atomic mass is 16.7. The molecule has 0 bridgehead atoms. The Hall–Kier alpha value is -1.52. The average molecular weight is 263 g/mol. The Morgan fingerprint density at radius 2 is 1.89 bits per heavy atom. The summed E-state index contributed by atoms with van der Waals surface area (Å²) in [6.07, 6.45) is 2.55. The molecule has 104 valence electrons. The Bertz CT molecular complexity index is 515. The van der Waals surface area contributed by atoms with Crippen molar-refractivity contribution >= 4 is 10.9 Å². The largest absolute Gasteiger partial charge is 0.497 e. The van der Waals surface area contributed by atoms with E-state index in [2.05, 4.69) is 4.98 Å². The number of aromatic nitrogens is 1. The van der Waals surface area contributed by atoms with Crippen LogP contribution < -0.4 is 4.74 Å². The molecule has 1 N–H and O–H groups in total. The van der Waals surface area contributed by atoms with Crippen molar-refractivity contribution in [3.8, 4) is 5.75 Å². The number of benzene rings is 1. The van der Waals surface area contributed by atoms with Crippen LogP contribution in [0.2, 0.25) is 0 Å². The number of fused-ring (bicyclic) bond motifs is 1. The van der Waals surface area contributed by atoms with Crippen LogP contribution in [0.1, 0.15) is 19.4 Å². The number of nitrogens with one attached hydrogen (secondary N) is 1. The lowest BCUT2D eigenvalue weighted by Gasteiger charge is -2.16. The molecule has 0 spiro atoms. The van der Waals surface area contributed by atoms with E-state index in [1.54, 1.807) is 7.11 Å². The molecule has 0 unspecified atom stereocenters. The molecule has 0 saturated heterocycles. The third kappa shape index (κ3) is 3.28. The lowest BCUT2D eigenvalue weighted by Crippen LogP contribution is -2.19. The third-order valence-electron chi connectivity index (χ3n) is 3.07. The summed E-state index contributed by atoms with van der Waals surface area (Å²) in [5.41, 5.74) is 2.28. The monoisotopic (exact) mass is 263 g/mol. The molecule has 4 nitrogen and oxygen atoms in total. The maximum absolute atomic E-state index is 5.59. The Kier molecular flexibility index (Phi) is 4.82.